The van der Waals surface area contributed by atoms with Crippen LogP contribution in [0.3, 0.4) is 0 Å². The van der Waals surface area contributed by atoms with Crippen molar-refractivity contribution in [2.45, 2.75) is 19.4 Å². The molecule has 21 heavy (non-hydrogen) atoms. The first kappa shape index (κ1) is 15.0. The molecule has 1 aromatic carbocycles. The average molecular weight is 301 g/mol. The van der Waals surface area contributed by atoms with Gasteiger partial charge in [-0.1, -0.05) is 0 Å². The molecule has 6 heteroatoms. The molecule has 2 aromatic rings. The van der Waals surface area contributed by atoms with Crippen molar-refractivity contribution in [2.75, 3.05) is 11.9 Å². The maximum Gasteiger partial charge on any atom is 0.270 e. The first-order chi connectivity index (χ1) is 10.0. The van der Waals surface area contributed by atoms with Crippen LogP contribution in [0.1, 0.15) is 18.1 Å². The molecule has 1 unspecified atom stereocenters. The summed E-state index contributed by atoms with van der Waals surface area (Å²) in [5.41, 5.74) is 2.23. The summed E-state index contributed by atoms with van der Waals surface area (Å²) in [5, 5.41) is 24.1. The maximum absolute atomic E-state index is 10.8. The molecule has 108 valence electrons. The van der Waals surface area contributed by atoms with E-state index in [-0.39, 0.29) is 11.7 Å². The quantitative estimate of drug-likeness (QED) is 0.625. The van der Waals surface area contributed by atoms with Gasteiger partial charge in [-0.2, -0.15) is 16.6 Å². The van der Waals surface area contributed by atoms with Crippen LogP contribution in [-0.4, -0.2) is 18.0 Å². The summed E-state index contributed by atoms with van der Waals surface area (Å²) in [4.78, 5) is 12.3. The molecule has 2 rings (SSSR count). The summed E-state index contributed by atoms with van der Waals surface area (Å²) >= 11 is 1.66. The van der Waals surface area contributed by atoms with E-state index in [0.29, 0.717) is 11.3 Å². The van der Waals surface area contributed by atoms with Crippen molar-refractivity contribution in [3.05, 3.63) is 56.3 Å². The summed E-state index contributed by atoms with van der Waals surface area (Å²) < 4.78 is 0. The fourth-order valence-corrected chi connectivity index (χ4v) is 2.84. The van der Waals surface area contributed by atoms with E-state index in [1.807, 2.05) is 23.4 Å². The first-order valence-corrected chi connectivity index (χ1v) is 7.39. The largest absolute Gasteiger partial charge is 0.370 e. The fourth-order valence-electron chi connectivity index (χ4n) is 2.16. The molecule has 0 aliphatic carbocycles. The van der Waals surface area contributed by atoms with Gasteiger partial charge in [0.2, 0.25) is 0 Å². The number of nitro benzene ring substituents is 1. The third kappa shape index (κ3) is 3.38. The third-order valence-corrected chi connectivity index (χ3v) is 4.20. The third-order valence-electron chi connectivity index (χ3n) is 3.46. The monoisotopic (exact) mass is 301 g/mol. The second-order valence-electron chi connectivity index (χ2n) is 4.87. The zero-order valence-electron chi connectivity index (χ0n) is 11.8. The van der Waals surface area contributed by atoms with Gasteiger partial charge in [-0.25, -0.2) is 0 Å². The summed E-state index contributed by atoms with van der Waals surface area (Å²) in [6.07, 6.45) is 0.863. The van der Waals surface area contributed by atoms with E-state index in [1.54, 1.807) is 17.4 Å². The Balaban J connectivity index is 2.24. The highest BCUT2D eigenvalue weighted by molar-refractivity contribution is 7.07. The Morgan fingerprint density at radius 3 is 2.81 bits per heavy atom. The molecule has 0 aliphatic heterocycles. The van der Waals surface area contributed by atoms with Gasteiger partial charge in [0, 0.05) is 25.2 Å². The number of nitrogens with zero attached hydrogens (tertiary/aromatic N) is 3. The van der Waals surface area contributed by atoms with Gasteiger partial charge in [0.05, 0.1) is 16.2 Å². The predicted molar refractivity (Wildman–Crippen MR) is 83.7 cm³/mol. The van der Waals surface area contributed by atoms with Crippen molar-refractivity contribution in [2.24, 2.45) is 0 Å². The lowest BCUT2D eigenvalue weighted by atomic mass is 10.1. The van der Waals surface area contributed by atoms with Gasteiger partial charge < -0.3 is 4.90 Å². The van der Waals surface area contributed by atoms with Gasteiger partial charge in [0.25, 0.3) is 5.69 Å². The van der Waals surface area contributed by atoms with Crippen LogP contribution in [0.25, 0.3) is 0 Å². The minimum atomic E-state index is -0.487. The van der Waals surface area contributed by atoms with E-state index in [4.69, 9.17) is 0 Å². The van der Waals surface area contributed by atoms with Crippen LogP contribution in [0.15, 0.2) is 35.0 Å². The molecule has 0 fully saturated rings. The van der Waals surface area contributed by atoms with Crippen molar-refractivity contribution in [3.63, 3.8) is 0 Å². The number of rotatable bonds is 5. The Morgan fingerprint density at radius 2 is 2.24 bits per heavy atom. The minimum absolute atomic E-state index is 0.0609. The van der Waals surface area contributed by atoms with Crippen LogP contribution < -0.4 is 4.90 Å². The van der Waals surface area contributed by atoms with E-state index in [9.17, 15) is 15.4 Å². The highest BCUT2D eigenvalue weighted by Gasteiger charge is 2.17. The van der Waals surface area contributed by atoms with Gasteiger partial charge in [-0.15, -0.1) is 0 Å². The summed E-state index contributed by atoms with van der Waals surface area (Å²) in [7, 11) is 1.90. The fraction of sp³-hybridized carbons (Fsp3) is 0.267. The number of benzene rings is 1. The minimum Gasteiger partial charge on any atom is -0.370 e. The molecule has 0 bridgehead atoms. The van der Waals surface area contributed by atoms with Crippen molar-refractivity contribution in [3.8, 4) is 6.07 Å². The smallest absolute Gasteiger partial charge is 0.270 e. The van der Waals surface area contributed by atoms with Crippen molar-refractivity contribution in [1.82, 2.24) is 0 Å². The lowest BCUT2D eigenvalue weighted by Crippen LogP contribution is -2.31. The summed E-state index contributed by atoms with van der Waals surface area (Å²) in [5.74, 6) is 0. The van der Waals surface area contributed by atoms with E-state index in [0.717, 1.165) is 6.42 Å². The van der Waals surface area contributed by atoms with Crippen LogP contribution in [0.5, 0.6) is 0 Å². The predicted octanol–water partition coefficient (Wildman–Crippen LogP) is 3.60. The standard InChI is InChI=1S/C15H15N3O2S/c1-11(7-12-5-6-21-10-12)17(2)15-4-3-14(18(19)20)8-13(15)9-16/h3-6,8,10-11H,7H2,1-2H3. The second kappa shape index (κ2) is 6.37. The number of anilines is 1. The van der Waals surface area contributed by atoms with Crippen LogP contribution in [0.4, 0.5) is 11.4 Å². The van der Waals surface area contributed by atoms with Crippen LogP contribution in [-0.2, 0) is 6.42 Å². The number of nitriles is 1. The Morgan fingerprint density at radius 1 is 1.48 bits per heavy atom. The highest BCUT2D eigenvalue weighted by Crippen LogP contribution is 2.26. The number of nitro groups is 1. The van der Waals surface area contributed by atoms with Crippen molar-refractivity contribution >= 4 is 22.7 Å². The molecule has 0 N–H and O–H groups in total. The van der Waals surface area contributed by atoms with E-state index in [1.165, 1.54) is 17.7 Å². The molecule has 0 saturated heterocycles. The Hall–Kier alpha value is -2.39. The molecule has 1 aromatic heterocycles. The summed E-state index contributed by atoms with van der Waals surface area (Å²) in [6, 6.07) is 8.71. The van der Waals surface area contributed by atoms with E-state index in [2.05, 4.69) is 18.4 Å². The number of hydrogen-bond donors (Lipinski definition) is 0. The number of hydrogen-bond acceptors (Lipinski definition) is 5. The van der Waals surface area contributed by atoms with Crippen molar-refractivity contribution in [1.29, 1.82) is 5.26 Å². The van der Waals surface area contributed by atoms with Crippen LogP contribution >= 0.6 is 11.3 Å². The molecule has 1 atom stereocenters. The van der Waals surface area contributed by atoms with Gasteiger partial charge in [-0.05, 0) is 41.8 Å². The lowest BCUT2D eigenvalue weighted by Gasteiger charge is -2.27. The van der Waals surface area contributed by atoms with Gasteiger partial charge in [0.15, 0.2) is 0 Å². The second-order valence-corrected chi connectivity index (χ2v) is 5.65. The molecule has 5 nitrogen and oxygen atoms in total. The molecule has 0 aliphatic rings. The molecular weight excluding hydrogens is 286 g/mol. The van der Waals surface area contributed by atoms with E-state index >= 15 is 0 Å². The molecule has 0 saturated carbocycles. The zero-order chi connectivity index (χ0) is 15.4. The van der Waals surface area contributed by atoms with Crippen LogP contribution in [0.2, 0.25) is 0 Å². The average Bonchev–Trinajstić information content (AvgIpc) is 2.98. The zero-order valence-corrected chi connectivity index (χ0v) is 12.6. The Labute approximate surface area is 127 Å². The number of thiophene rings is 1. The van der Waals surface area contributed by atoms with Crippen LogP contribution in [0, 0.1) is 21.4 Å². The number of non-ortho nitro benzene ring substituents is 1. The SMILES string of the molecule is CC(Cc1ccsc1)N(C)c1ccc([N+](=O)[O-])cc1C#N. The maximum atomic E-state index is 10.8. The summed E-state index contributed by atoms with van der Waals surface area (Å²) in [6.45, 7) is 2.07. The van der Waals surface area contributed by atoms with Crippen molar-refractivity contribution < 1.29 is 4.92 Å². The number of likely N-dealkylation sites (N-methyl/N-ethyl adjacent to an activating group) is 1. The van der Waals surface area contributed by atoms with E-state index < -0.39 is 4.92 Å². The molecule has 0 spiro atoms. The topological polar surface area (TPSA) is 70.2 Å². The molecule has 1 heterocycles. The van der Waals surface area contributed by atoms with Gasteiger partial charge >= 0.3 is 0 Å². The highest BCUT2D eigenvalue weighted by atomic mass is 32.1. The lowest BCUT2D eigenvalue weighted by molar-refractivity contribution is -0.384. The van der Waals surface area contributed by atoms with Gasteiger partial charge in [-0.3, -0.25) is 10.1 Å². The molecular formula is C15H15N3O2S. The molecule has 0 radical (unpaired) electrons. The molecule has 0 amide bonds. The Kier molecular flexibility index (Phi) is 4.55. The van der Waals surface area contributed by atoms with Gasteiger partial charge in [0.1, 0.15) is 6.07 Å². The normalized spacial score (nSPS) is 11.7. The first-order valence-electron chi connectivity index (χ1n) is 6.45. The Bertz CT molecular complexity index is 677.